The fourth-order valence-electron chi connectivity index (χ4n) is 4.29. The average molecular weight is 550 g/mol. The van der Waals surface area contributed by atoms with Crippen LogP contribution >= 0.6 is 0 Å². The summed E-state index contributed by atoms with van der Waals surface area (Å²) in [4.78, 5) is 41.2. The largest absolute Gasteiger partial charge is 0.497 e. The molecule has 0 saturated carbocycles. The highest BCUT2D eigenvalue weighted by atomic mass is 16.6. The van der Waals surface area contributed by atoms with Crippen LogP contribution in [0.2, 0.25) is 0 Å². The Kier molecular flexibility index (Phi) is 9.26. The van der Waals surface area contributed by atoms with Crippen LogP contribution in [0.25, 0.3) is 0 Å². The normalized spacial score (nSPS) is 13.9. The van der Waals surface area contributed by atoms with E-state index in [1.807, 2.05) is 36.4 Å². The smallest absolute Gasteiger partial charge is 0.409 e. The molecule has 2 heterocycles. The number of carbonyl (C=O) groups excluding carboxylic acids is 3. The number of aromatic nitrogens is 2. The summed E-state index contributed by atoms with van der Waals surface area (Å²) in [6, 6.07) is 13.9. The number of nitrogens with one attached hydrogen (secondary N) is 1. The molecule has 0 radical (unpaired) electrons. The van der Waals surface area contributed by atoms with Crippen molar-refractivity contribution in [2.75, 3.05) is 45.2 Å². The summed E-state index contributed by atoms with van der Waals surface area (Å²) in [5, 5.41) is 7.35. The molecule has 2 aromatic carbocycles. The minimum atomic E-state index is -0.566. The molecule has 4 rings (SSSR count). The van der Waals surface area contributed by atoms with Crippen molar-refractivity contribution in [2.45, 2.75) is 33.4 Å². The zero-order valence-electron chi connectivity index (χ0n) is 23.3. The molecule has 0 spiro atoms. The Bertz CT molecular complexity index is 1310. The second-order valence-electron chi connectivity index (χ2n) is 9.41. The van der Waals surface area contributed by atoms with Crippen LogP contribution in [0.1, 0.15) is 41.5 Å². The van der Waals surface area contributed by atoms with Crippen LogP contribution in [-0.2, 0) is 16.1 Å². The summed E-state index contributed by atoms with van der Waals surface area (Å²) < 4.78 is 17.5. The van der Waals surface area contributed by atoms with Gasteiger partial charge >= 0.3 is 6.09 Å². The highest BCUT2D eigenvalue weighted by molar-refractivity contribution is 6.04. The first-order valence-corrected chi connectivity index (χ1v) is 13.2. The van der Waals surface area contributed by atoms with Gasteiger partial charge in [-0.1, -0.05) is 12.1 Å². The van der Waals surface area contributed by atoms with Crippen LogP contribution in [0, 0.1) is 6.92 Å². The number of amides is 3. The Morgan fingerprint density at radius 1 is 0.950 bits per heavy atom. The Morgan fingerprint density at radius 3 is 2.20 bits per heavy atom. The molecule has 0 aliphatic carbocycles. The van der Waals surface area contributed by atoms with E-state index in [-0.39, 0.29) is 17.9 Å². The van der Waals surface area contributed by atoms with Crippen LogP contribution in [-0.4, -0.2) is 77.4 Å². The predicted molar refractivity (Wildman–Crippen MR) is 149 cm³/mol. The monoisotopic (exact) mass is 549 g/mol. The van der Waals surface area contributed by atoms with Gasteiger partial charge in [-0.2, -0.15) is 5.10 Å². The minimum Gasteiger partial charge on any atom is -0.497 e. The molecule has 1 aliphatic heterocycles. The lowest BCUT2D eigenvalue weighted by Crippen LogP contribution is -2.52. The summed E-state index contributed by atoms with van der Waals surface area (Å²) in [5.74, 6) is 1.10. The maximum Gasteiger partial charge on any atom is 0.409 e. The summed E-state index contributed by atoms with van der Waals surface area (Å²) >= 11 is 0. The number of ether oxygens (including phenoxy) is 3. The third kappa shape index (κ3) is 6.90. The van der Waals surface area contributed by atoms with E-state index in [0.29, 0.717) is 56.3 Å². The van der Waals surface area contributed by atoms with Crippen LogP contribution < -0.4 is 14.8 Å². The van der Waals surface area contributed by atoms with E-state index < -0.39 is 6.04 Å². The summed E-state index contributed by atoms with van der Waals surface area (Å²) in [6.07, 6.45) is 1.31. The van der Waals surface area contributed by atoms with Crippen molar-refractivity contribution in [2.24, 2.45) is 0 Å². The molecule has 1 aliphatic rings. The number of rotatable bonds is 9. The second-order valence-corrected chi connectivity index (χ2v) is 9.41. The van der Waals surface area contributed by atoms with Crippen molar-refractivity contribution in [3.63, 3.8) is 0 Å². The molecule has 1 unspecified atom stereocenters. The zero-order chi connectivity index (χ0) is 28.6. The van der Waals surface area contributed by atoms with E-state index in [9.17, 15) is 14.4 Å². The molecule has 1 N–H and O–H groups in total. The van der Waals surface area contributed by atoms with Crippen molar-refractivity contribution in [1.29, 1.82) is 0 Å². The molecule has 1 atom stereocenters. The highest BCUT2D eigenvalue weighted by Gasteiger charge is 2.29. The van der Waals surface area contributed by atoms with Crippen molar-refractivity contribution in [3.05, 3.63) is 71.5 Å². The van der Waals surface area contributed by atoms with Crippen LogP contribution in [0.5, 0.6) is 11.5 Å². The Balaban J connectivity index is 1.30. The van der Waals surface area contributed by atoms with Gasteiger partial charge in [0.15, 0.2) is 0 Å². The zero-order valence-corrected chi connectivity index (χ0v) is 23.3. The van der Waals surface area contributed by atoms with E-state index >= 15 is 0 Å². The molecule has 1 fully saturated rings. The standard InChI is InChI=1S/C29H35N5O6/c1-5-39-29(37)33-16-14-32(15-17-33)28(36)21(3)34-18-26(20(2)31-34)30-27(35)23-8-6-22(7-9-23)19-40-25-12-10-24(38-4)11-13-25/h6-13,18,21H,5,14-17,19H2,1-4H3,(H,30,35). The van der Waals surface area contributed by atoms with Gasteiger partial charge in [0.05, 0.1) is 25.1 Å². The SMILES string of the molecule is CCOC(=O)N1CCN(C(=O)C(C)n2cc(NC(=O)c3ccc(COc4ccc(OC)cc4)cc3)c(C)n2)CC1. The van der Waals surface area contributed by atoms with E-state index in [0.717, 1.165) is 17.1 Å². The number of nitrogens with zero attached hydrogens (tertiary/aromatic N) is 4. The van der Waals surface area contributed by atoms with Gasteiger partial charge in [0.25, 0.3) is 5.91 Å². The summed E-state index contributed by atoms with van der Waals surface area (Å²) in [6.45, 7) is 7.68. The molecule has 1 aromatic heterocycles. The Hall–Kier alpha value is -4.54. The maximum absolute atomic E-state index is 13.1. The number of hydrogen-bond donors (Lipinski definition) is 1. The van der Waals surface area contributed by atoms with Gasteiger partial charge in [-0.05, 0) is 62.7 Å². The molecule has 0 bridgehead atoms. The third-order valence-corrected chi connectivity index (χ3v) is 6.72. The van der Waals surface area contributed by atoms with E-state index in [4.69, 9.17) is 14.2 Å². The van der Waals surface area contributed by atoms with E-state index in [2.05, 4.69) is 10.4 Å². The van der Waals surface area contributed by atoms with Gasteiger partial charge in [0, 0.05) is 37.9 Å². The molecular weight excluding hydrogens is 514 g/mol. The Labute approximate surface area is 233 Å². The lowest BCUT2D eigenvalue weighted by atomic mass is 10.1. The van der Waals surface area contributed by atoms with Crippen molar-refractivity contribution < 1.29 is 28.6 Å². The lowest BCUT2D eigenvalue weighted by molar-refractivity contribution is -0.136. The molecule has 11 heteroatoms. The van der Waals surface area contributed by atoms with Gasteiger partial charge in [0.1, 0.15) is 24.1 Å². The fourth-order valence-corrected chi connectivity index (χ4v) is 4.29. The molecule has 40 heavy (non-hydrogen) atoms. The number of carbonyl (C=O) groups is 3. The van der Waals surface area contributed by atoms with Gasteiger partial charge in [-0.25, -0.2) is 4.79 Å². The maximum atomic E-state index is 13.1. The first-order chi connectivity index (χ1) is 19.3. The quantitative estimate of drug-likeness (QED) is 0.431. The van der Waals surface area contributed by atoms with Gasteiger partial charge in [0.2, 0.25) is 5.91 Å². The fraction of sp³-hybridized carbons (Fsp3) is 0.379. The molecule has 3 amide bonds. The van der Waals surface area contributed by atoms with Crippen molar-refractivity contribution in [3.8, 4) is 11.5 Å². The number of hydrogen-bond acceptors (Lipinski definition) is 7. The number of methoxy groups -OCH3 is 1. The van der Waals surface area contributed by atoms with Gasteiger partial charge in [-0.3, -0.25) is 14.3 Å². The van der Waals surface area contributed by atoms with Crippen LogP contribution in [0.15, 0.2) is 54.7 Å². The second kappa shape index (κ2) is 13.0. The van der Waals surface area contributed by atoms with Crippen LogP contribution in [0.4, 0.5) is 10.5 Å². The topological polar surface area (TPSA) is 115 Å². The molecule has 11 nitrogen and oxygen atoms in total. The summed E-state index contributed by atoms with van der Waals surface area (Å²) in [7, 11) is 1.61. The lowest BCUT2D eigenvalue weighted by Gasteiger charge is -2.35. The molecular formula is C29H35N5O6. The molecule has 3 aromatic rings. The molecule has 1 saturated heterocycles. The van der Waals surface area contributed by atoms with E-state index in [1.165, 1.54) is 0 Å². The third-order valence-electron chi connectivity index (χ3n) is 6.72. The van der Waals surface area contributed by atoms with Crippen molar-refractivity contribution >= 4 is 23.6 Å². The molecule has 212 valence electrons. The highest BCUT2D eigenvalue weighted by Crippen LogP contribution is 2.21. The minimum absolute atomic E-state index is 0.101. The number of benzene rings is 2. The van der Waals surface area contributed by atoms with Crippen molar-refractivity contribution in [1.82, 2.24) is 19.6 Å². The van der Waals surface area contributed by atoms with E-state index in [1.54, 1.807) is 60.7 Å². The van der Waals surface area contributed by atoms with Gasteiger partial charge < -0.3 is 29.3 Å². The Morgan fingerprint density at radius 2 is 1.57 bits per heavy atom. The first-order valence-electron chi connectivity index (χ1n) is 13.2. The van der Waals surface area contributed by atoms with Crippen LogP contribution in [0.3, 0.4) is 0 Å². The van der Waals surface area contributed by atoms with Gasteiger partial charge in [-0.15, -0.1) is 0 Å². The summed E-state index contributed by atoms with van der Waals surface area (Å²) in [5.41, 5.74) is 2.55. The number of anilines is 1. The number of piperazine rings is 1. The first kappa shape index (κ1) is 28.5. The predicted octanol–water partition coefficient (Wildman–Crippen LogP) is 3.89. The number of aryl methyl sites for hydroxylation is 1. The average Bonchev–Trinajstić information content (AvgIpc) is 3.35.